The number of aromatic nitrogens is 5. The first kappa shape index (κ1) is 41.4. The second kappa shape index (κ2) is 19.2. The molecule has 6 N–H and O–H groups in total. The highest BCUT2D eigenvalue weighted by Crippen LogP contribution is 2.33. The van der Waals surface area contributed by atoms with Gasteiger partial charge in [-0.1, -0.05) is 38.1 Å². The third kappa shape index (κ3) is 9.94. The van der Waals surface area contributed by atoms with Crippen molar-refractivity contribution >= 4 is 35.8 Å². The number of carbonyl (C=O) groups is 3. The van der Waals surface area contributed by atoms with Crippen LogP contribution in [-0.2, 0) is 16.0 Å². The van der Waals surface area contributed by atoms with E-state index >= 15 is 0 Å². The first-order chi connectivity index (χ1) is 26.2. The number of aryl methyl sites for hydroxylation is 1. The third-order valence-electron chi connectivity index (χ3n) is 11.6. The molecule has 2 aromatic heterocycles. The van der Waals surface area contributed by atoms with Crippen molar-refractivity contribution in [3.8, 4) is 22.5 Å². The maximum absolute atomic E-state index is 14.3. The molecule has 294 valence electrons. The molecule has 2 aromatic carbocycles. The Bertz CT molecular complexity index is 1850. The predicted octanol–water partition coefficient (Wildman–Crippen LogP) is 5.24. The Balaban J connectivity index is 0.00000580. The number of carbonyl (C=O) groups excluding carboxylic acids is 3. The highest BCUT2D eigenvalue weighted by molar-refractivity contribution is 6.02. The maximum Gasteiger partial charge on any atom is 0.270 e. The van der Waals surface area contributed by atoms with E-state index in [9.17, 15) is 14.4 Å². The van der Waals surface area contributed by atoms with Gasteiger partial charge in [-0.15, -0.1) is 22.6 Å². The van der Waals surface area contributed by atoms with E-state index in [1.807, 2.05) is 49.4 Å². The summed E-state index contributed by atoms with van der Waals surface area (Å²) in [5, 5.41) is 17.4. The number of nitrogens with one attached hydrogen (secondary N) is 2. The van der Waals surface area contributed by atoms with E-state index < -0.39 is 11.9 Å². The van der Waals surface area contributed by atoms with E-state index in [-0.39, 0.29) is 42.6 Å². The monoisotopic (exact) mass is 770 g/mol. The number of amides is 3. The number of nitrogens with two attached hydrogens (primary N) is 2. The summed E-state index contributed by atoms with van der Waals surface area (Å²) < 4.78 is 0. The molecule has 2 aliphatic rings. The van der Waals surface area contributed by atoms with Gasteiger partial charge in [-0.25, -0.2) is 0 Å². The van der Waals surface area contributed by atoms with Crippen LogP contribution in [0, 0.1) is 18.8 Å². The number of pyridine rings is 1. The Morgan fingerprint density at radius 1 is 0.909 bits per heavy atom. The number of tetrazole rings is 1. The SMILES string of the molecule is CCN(CC)C1CCC(NC(=O)c2cc(C)c(-c3ccc(C[C@@H](C(N)=O)N(C(=O)C4CCC(CN)CC4)c4ccc(-c5nn[nH]n5)cc4)cc3)cn2)CC1.Cl. The Kier molecular flexibility index (Phi) is 14.5. The molecule has 0 unspecified atom stereocenters. The molecule has 0 aliphatic heterocycles. The van der Waals surface area contributed by atoms with Gasteiger partial charge in [0.05, 0.1) is 0 Å². The molecular formula is C41H55ClN10O3. The molecule has 55 heavy (non-hydrogen) atoms. The second-order valence-corrected chi connectivity index (χ2v) is 14.8. The van der Waals surface area contributed by atoms with Gasteiger partial charge >= 0.3 is 0 Å². The van der Waals surface area contributed by atoms with Gasteiger partial charge in [0.2, 0.25) is 17.6 Å². The van der Waals surface area contributed by atoms with Crippen molar-refractivity contribution in [1.82, 2.24) is 35.8 Å². The first-order valence-corrected chi connectivity index (χ1v) is 19.5. The van der Waals surface area contributed by atoms with Crippen molar-refractivity contribution in [3.63, 3.8) is 0 Å². The van der Waals surface area contributed by atoms with E-state index in [2.05, 4.69) is 49.7 Å². The summed E-state index contributed by atoms with van der Waals surface area (Å²) >= 11 is 0. The van der Waals surface area contributed by atoms with Gasteiger partial charge in [0.25, 0.3) is 5.91 Å². The van der Waals surface area contributed by atoms with Crippen LogP contribution in [0.5, 0.6) is 0 Å². The van der Waals surface area contributed by atoms with Crippen LogP contribution < -0.4 is 21.7 Å². The van der Waals surface area contributed by atoms with Crippen LogP contribution in [0.1, 0.15) is 86.8 Å². The Morgan fingerprint density at radius 3 is 2.13 bits per heavy atom. The summed E-state index contributed by atoms with van der Waals surface area (Å²) in [5.41, 5.74) is 17.4. The lowest BCUT2D eigenvalue weighted by atomic mass is 9.81. The smallest absolute Gasteiger partial charge is 0.270 e. The van der Waals surface area contributed by atoms with Crippen molar-refractivity contribution < 1.29 is 14.4 Å². The van der Waals surface area contributed by atoms with E-state index in [1.165, 1.54) is 0 Å². The van der Waals surface area contributed by atoms with Crippen molar-refractivity contribution in [2.24, 2.45) is 23.3 Å². The normalized spacial score (nSPS) is 20.3. The van der Waals surface area contributed by atoms with E-state index in [0.717, 1.165) is 79.4 Å². The lowest BCUT2D eigenvalue weighted by molar-refractivity contribution is -0.127. The number of H-pyrrole nitrogens is 1. The van der Waals surface area contributed by atoms with Gasteiger partial charge in [0.15, 0.2) is 0 Å². The molecule has 0 radical (unpaired) electrons. The van der Waals surface area contributed by atoms with E-state index in [0.29, 0.717) is 48.6 Å². The fourth-order valence-corrected chi connectivity index (χ4v) is 8.29. The minimum Gasteiger partial charge on any atom is -0.368 e. The number of benzene rings is 2. The lowest BCUT2D eigenvalue weighted by Crippen LogP contribution is -2.52. The highest BCUT2D eigenvalue weighted by atomic mass is 35.5. The highest BCUT2D eigenvalue weighted by Gasteiger charge is 2.36. The molecule has 3 amide bonds. The quantitative estimate of drug-likeness (QED) is 0.133. The minimum absolute atomic E-state index is 0. The van der Waals surface area contributed by atoms with Gasteiger partial charge in [0, 0.05) is 47.4 Å². The zero-order chi connectivity index (χ0) is 38.2. The zero-order valence-corrected chi connectivity index (χ0v) is 32.9. The number of primary amides is 1. The van der Waals surface area contributed by atoms with Gasteiger partial charge in [-0.2, -0.15) is 5.21 Å². The summed E-state index contributed by atoms with van der Waals surface area (Å²) in [4.78, 5) is 49.3. The Labute approximate surface area is 329 Å². The van der Waals surface area contributed by atoms with E-state index in [1.54, 1.807) is 23.2 Å². The van der Waals surface area contributed by atoms with Crippen LogP contribution >= 0.6 is 12.4 Å². The summed E-state index contributed by atoms with van der Waals surface area (Å²) in [6, 6.07) is 16.8. The maximum atomic E-state index is 14.3. The van der Waals surface area contributed by atoms with Crippen LogP contribution in [0.2, 0.25) is 0 Å². The molecule has 1 atom stereocenters. The molecule has 0 spiro atoms. The Hall–Kier alpha value is -4.72. The van der Waals surface area contributed by atoms with Gasteiger partial charge < -0.3 is 21.7 Å². The number of rotatable bonds is 14. The molecule has 0 saturated heterocycles. The molecule has 2 aliphatic carbocycles. The minimum atomic E-state index is -0.917. The standard InChI is InChI=1S/C41H54N10O3.ClH/c1-4-50(5-2)33-20-16-32(17-21-33)45-40(53)36-22-26(3)35(25-44-36)29-10-6-27(7-11-29)23-37(38(43)52)51(41(54)31-12-8-28(24-42)9-13-31)34-18-14-30(15-19-34)39-46-48-49-47-39;/h6-7,10-11,14-15,18-19,22,25,28,31-33,37H,4-5,8-9,12-13,16-17,20-21,23-24,42H2,1-3H3,(H2,43,52)(H,45,53)(H,46,47,48,49);1H/t28?,31?,32?,33?,37-;/m0./s1. The van der Waals surface area contributed by atoms with Crippen LogP contribution in [0.4, 0.5) is 5.69 Å². The number of nitrogens with zero attached hydrogens (tertiary/aromatic N) is 6. The molecular weight excluding hydrogens is 716 g/mol. The largest absolute Gasteiger partial charge is 0.368 e. The molecule has 0 bridgehead atoms. The predicted molar refractivity (Wildman–Crippen MR) is 216 cm³/mol. The van der Waals surface area contributed by atoms with Crippen LogP contribution in [0.25, 0.3) is 22.5 Å². The number of hydrogen-bond acceptors (Lipinski definition) is 9. The van der Waals surface area contributed by atoms with Crippen molar-refractivity contribution in [2.75, 3.05) is 24.5 Å². The Morgan fingerprint density at radius 2 is 1.56 bits per heavy atom. The molecule has 2 saturated carbocycles. The van der Waals surface area contributed by atoms with Gasteiger partial charge in [-0.3, -0.25) is 24.3 Å². The number of aromatic amines is 1. The molecule has 4 aromatic rings. The number of anilines is 1. The summed E-state index contributed by atoms with van der Waals surface area (Å²) in [6.07, 6.45) is 9.29. The average molecular weight is 771 g/mol. The third-order valence-corrected chi connectivity index (χ3v) is 11.6. The average Bonchev–Trinajstić information content (AvgIpc) is 3.75. The summed E-state index contributed by atoms with van der Waals surface area (Å²) in [7, 11) is 0. The summed E-state index contributed by atoms with van der Waals surface area (Å²) in [5.74, 6) is -0.241. The molecule has 14 heteroatoms. The van der Waals surface area contributed by atoms with Gasteiger partial charge in [-0.05, 0) is 136 Å². The first-order valence-electron chi connectivity index (χ1n) is 19.5. The molecule has 13 nitrogen and oxygen atoms in total. The number of halogens is 1. The fourth-order valence-electron chi connectivity index (χ4n) is 8.29. The molecule has 2 heterocycles. The van der Waals surface area contributed by atoms with Gasteiger partial charge in [0.1, 0.15) is 11.7 Å². The van der Waals surface area contributed by atoms with Crippen molar-refractivity contribution in [2.45, 2.75) is 96.7 Å². The zero-order valence-electron chi connectivity index (χ0n) is 32.1. The topological polar surface area (TPSA) is 189 Å². The second-order valence-electron chi connectivity index (χ2n) is 14.8. The molecule has 2 fully saturated rings. The number of hydrogen-bond donors (Lipinski definition) is 4. The van der Waals surface area contributed by atoms with Crippen LogP contribution in [-0.4, -0.2) is 86.0 Å². The van der Waals surface area contributed by atoms with Crippen molar-refractivity contribution in [1.29, 1.82) is 0 Å². The van der Waals surface area contributed by atoms with Crippen LogP contribution in [0.3, 0.4) is 0 Å². The van der Waals surface area contributed by atoms with Crippen LogP contribution in [0.15, 0.2) is 60.8 Å². The summed E-state index contributed by atoms with van der Waals surface area (Å²) in [6.45, 7) is 9.12. The van der Waals surface area contributed by atoms with E-state index in [4.69, 9.17) is 11.5 Å². The fraction of sp³-hybridized carbons (Fsp3) is 0.488. The molecule has 6 rings (SSSR count). The lowest BCUT2D eigenvalue weighted by Gasteiger charge is -2.36. The van der Waals surface area contributed by atoms with Crippen molar-refractivity contribution in [3.05, 3.63) is 77.6 Å².